The Kier molecular flexibility index (Phi) is 49.3. The Hall–Kier alpha value is -1.47. The number of allylic oxidation sites excluding steroid dienone is 2. The summed E-state index contributed by atoms with van der Waals surface area (Å²) in [5, 5.41) is 121. The molecule has 0 radical (unpaired) electrons. The monoisotopic (exact) mass is 1290 g/mol. The first kappa shape index (κ1) is 82.8. The van der Waals surface area contributed by atoms with Gasteiger partial charge >= 0.3 is 0 Å². The topological polar surface area (TPSA) is 307 Å². The maximum atomic E-state index is 13.4. The second-order valence-corrected chi connectivity index (χ2v) is 26.8. The normalized spacial score (nSPS) is 28.0. The van der Waals surface area contributed by atoms with Gasteiger partial charge in [-0.1, -0.05) is 270 Å². The summed E-state index contributed by atoms with van der Waals surface area (Å²) in [5.74, 6) is -0.237. The molecule has 90 heavy (non-hydrogen) atoms. The molecule has 0 bridgehead atoms. The van der Waals surface area contributed by atoms with E-state index in [4.69, 9.17) is 28.4 Å². The number of rotatable bonds is 58. The van der Waals surface area contributed by atoms with E-state index in [1.165, 1.54) is 225 Å². The summed E-state index contributed by atoms with van der Waals surface area (Å²) in [7, 11) is 0. The molecule has 3 saturated heterocycles. The highest BCUT2D eigenvalue weighted by Crippen LogP contribution is 2.33. The Balaban J connectivity index is 1.32. The maximum Gasteiger partial charge on any atom is 0.220 e. The van der Waals surface area contributed by atoms with E-state index in [0.29, 0.717) is 12.8 Å². The number of hydrogen-bond acceptors (Lipinski definition) is 18. The van der Waals surface area contributed by atoms with Gasteiger partial charge in [-0.3, -0.25) is 4.79 Å². The van der Waals surface area contributed by atoms with Gasteiger partial charge in [-0.25, -0.2) is 0 Å². The number of nitrogens with one attached hydrogen (secondary N) is 1. The minimum Gasteiger partial charge on any atom is -0.394 e. The predicted molar refractivity (Wildman–Crippen MR) is 351 cm³/mol. The van der Waals surface area contributed by atoms with Crippen LogP contribution in [0.1, 0.15) is 303 Å². The lowest BCUT2D eigenvalue weighted by atomic mass is 9.96. The van der Waals surface area contributed by atoms with Crippen LogP contribution in [0.4, 0.5) is 0 Å². The predicted octanol–water partition coefficient (Wildman–Crippen LogP) is 10.4. The Morgan fingerprint density at radius 2 is 0.700 bits per heavy atom. The molecule has 0 aromatic heterocycles. The SMILES string of the molecule is CCCCCCCCCC/C=C\CCCCCCCCCCCCCCCCCCCCCCCC(=O)NC(COC1OC(CO)C(OC2OC(CO)C(OC3OC(CO)C(O)C(O)C3O)C(O)C2O)C(O)C1O)C(O)CCCCCCCCCCCCCC. The summed E-state index contributed by atoms with van der Waals surface area (Å²) in [4.78, 5) is 13.4. The Morgan fingerprint density at radius 3 is 1.08 bits per heavy atom. The third kappa shape index (κ3) is 35.0. The van der Waals surface area contributed by atoms with Crippen LogP contribution in [0.3, 0.4) is 0 Å². The summed E-state index contributed by atoms with van der Waals surface area (Å²) in [6.45, 7) is 1.82. The lowest BCUT2D eigenvalue weighted by Crippen LogP contribution is -2.66. The van der Waals surface area contributed by atoms with Gasteiger partial charge in [-0.2, -0.15) is 0 Å². The summed E-state index contributed by atoms with van der Waals surface area (Å²) in [6.07, 6.45) is 33.3. The number of carbonyl (C=O) groups is 1. The van der Waals surface area contributed by atoms with Crippen molar-refractivity contribution in [3.8, 4) is 0 Å². The van der Waals surface area contributed by atoms with Gasteiger partial charge in [0.2, 0.25) is 5.91 Å². The van der Waals surface area contributed by atoms with Gasteiger partial charge in [0, 0.05) is 6.42 Å². The van der Waals surface area contributed by atoms with Crippen LogP contribution in [0.2, 0.25) is 0 Å². The summed E-state index contributed by atoms with van der Waals surface area (Å²) in [5.41, 5.74) is 0. The van der Waals surface area contributed by atoms with Crippen LogP contribution in [0.5, 0.6) is 0 Å². The molecule has 1 amide bonds. The molecule has 17 unspecified atom stereocenters. The first-order valence-electron chi connectivity index (χ1n) is 36.9. The van der Waals surface area contributed by atoms with Crippen molar-refractivity contribution in [3.05, 3.63) is 12.2 Å². The number of amides is 1. The van der Waals surface area contributed by atoms with Crippen molar-refractivity contribution >= 4 is 5.91 Å². The molecule has 3 aliphatic rings. The fraction of sp³-hybridized carbons (Fsp3) is 0.958. The highest BCUT2D eigenvalue weighted by molar-refractivity contribution is 5.76. The fourth-order valence-corrected chi connectivity index (χ4v) is 12.8. The highest BCUT2D eigenvalue weighted by Gasteiger charge is 2.53. The van der Waals surface area contributed by atoms with Crippen LogP contribution >= 0.6 is 0 Å². The van der Waals surface area contributed by atoms with Crippen molar-refractivity contribution in [1.29, 1.82) is 0 Å². The molecule has 532 valence electrons. The van der Waals surface area contributed by atoms with Crippen molar-refractivity contribution in [2.24, 2.45) is 0 Å². The zero-order valence-corrected chi connectivity index (χ0v) is 56.4. The van der Waals surface area contributed by atoms with E-state index in [9.17, 15) is 61.0 Å². The van der Waals surface area contributed by atoms with E-state index in [0.717, 1.165) is 44.9 Å². The number of aliphatic hydroxyl groups is 11. The molecule has 3 heterocycles. The molecule has 0 saturated carbocycles. The second kappa shape index (κ2) is 53.6. The van der Waals surface area contributed by atoms with E-state index in [1.807, 2.05) is 0 Å². The molecule has 19 nitrogen and oxygen atoms in total. The zero-order valence-electron chi connectivity index (χ0n) is 56.4. The number of carbonyl (C=O) groups excluding carboxylic acids is 1. The number of ether oxygens (including phenoxy) is 6. The van der Waals surface area contributed by atoms with E-state index in [1.54, 1.807) is 0 Å². The Bertz CT molecular complexity index is 1680. The van der Waals surface area contributed by atoms with Crippen molar-refractivity contribution in [3.63, 3.8) is 0 Å². The number of unbranched alkanes of at least 4 members (excludes halogenated alkanes) is 40. The van der Waals surface area contributed by atoms with Gasteiger partial charge in [0.05, 0.1) is 38.6 Å². The summed E-state index contributed by atoms with van der Waals surface area (Å²) < 4.78 is 34.4. The molecule has 19 heteroatoms. The average molecular weight is 1290 g/mol. The minimum absolute atomic E-state index is 0.237. The molecule has 17 atom stereocenters. The van der Waals surface area contributed by atoms with E-state index >= 15 is 0 Å². The smallest absolute Gasteiger partial charge is 0.220 e. The van der Waals surface area contributed by atoms with Crippen molar-refractivity contribution in [2.45, 2.75) is 407 Å². The number of aliphatic hydroxyl groups excluding tert-OH is 11. The molecule has 0 aromatic rings. The van der Waals surface area contributed by atoms with Gasteiger partial charge in [0.25, 0.3) is 0 Å². The molecule has 3 aliphatic heterocycles. The van der Waals surface area contributed by atoms with Crippen LogP contribution in [0, 0.1) is 0 Å². The van der Waals surface area contributed by atoms with Gasteiger partial charge in [0.15, 0.2) is 18.9 Å². The van der Waals surface area contributed by atoms with Crippen molar-refractivity contribution < 1.29 is 89.4 Å². The molecule has 0 aromatic carbocycles. The molecule has 3 fully saturated rings. The maximum absolute atomic E-state index is 13.4. The lowest BCUT2D eigenvalue weighted by Gasteiger charge is -2.48. The first-order chi connectivity index (χ1) is 43.8. The van der Waals surface area contributed by atoms with E-state index in [-0.39, 0.29) is 18.9 Å². The van der Waals surface area contributed by atoms with Crippen LogP contribution in [0.15, 0.2) is 12.2 Å². The standard InChI is InChI=1S/C71H135NO18/c1-3-5-7-9-11-13-15-17-18-19-20-21-22-23-24-25-26-27-28-29-30-31-32-33-34-35-36-37-39-41-43-45-47-49-59(77)72-54(55(76)48-46-44-42-40-38-16-14-12-10-8-6-4-2)53-85-69-65(83)62(80)67(57(51-74)87-69)90-71-66(84)63(81)68(58(52-75)88-71)89-70-64(82)61(79)60(78)56(50-73)86-70/h19-20,54-58,60-71,73-76,78-84H,3-18,21-53H2,1-2H3,(H,72,77)/b20-19-. The molecular formula is C71H135NO18. The molecule has 3 rings (SSSR count). The van der Waals surface area contributed by atoms with Crippen LogP contribution in [0.25, 0.3) is 0 Å². The summed E-state index contributed by atoms with van der Waals surface area (Å²) >= 11 is 0. The molecule has 0 aliphatic carbocycles. The second-order valence-electron chi connectivity index (χ2n) is 26.8. The van der Waals surface area contributed by atoms with Gasteiger partial charge < -0.3 is 89.9 Å². The summed E-state index contributed by atoms with van der Waals surface area (Å²) in [6, 6.07) is -0.882. The van der Waals surface area contributed by atoms with E-state index in [2.05, 4.69) is 31.3 Å². The Morgan fingerprint density at radius 1 is 0.389 bits per heavy atom. The lowest BCUT2D eigenvalue weighted by molar-refractivity contribution is -0.379. The average Bonchev–Trinajstić information content (AvgIpc) is 0.864. The first-order valence-corrected chi connectivity index (χ1v) is 36.9. The van der Waals surface area contributed by atoms with Crippen LogP contribution < -0.4 is 5.32 Å². The molecule has 0 spiro atoms. The molecular weight excluding hydrogens is 1150 g/mol. The van der Waals surface area contributed by atoms with E-state index < -0.39 is 124 Å². The quantitative estimate of drug-likeness (QED) is 0.0199. The third-order valence-corrected chi connectivity index (χ3v) is 18.8. The minimum atomic E-state index is -1.97. The van der Waals surface area contributed by atoms with Gasteiger partial charge in [0.1, 0.15) is 73.2 Å². The van der Waals surface area contributed by atoms with Crippen molar-refractivity contribution in [2.75, 3.05) is 26.4 Å². The fourth-order valence-electron chi connectivity index (χ4n) is 12.8. The zero-order chi connectivity index (χ0) is 65.4. The largest absolute Gasteiger partial charge is 0.394 e. The third-order valence-electron chi connectivity index (χ3n) is 18.8. The highest BCUT2D eigenvalue weighted by atomic mass is 16.8. The van der Waals surface area contributed by atoms with Crippen LogP contribution in [-0.2, 0) is 33.2 Å². The van der Waals surface area contributed by atoms with Gasteiger partial charge in [-0.05, 0) is 38.5 Å². The number of hydrogen-bond donors (Lipinski definition) is 12. The molecule has 12 N–H and O–H groups in total. The Labute approximate surface area is 544 Å². The van der Waals surface area contributed by atoms with Crippen molar-refractivity contribution in [1.82, 2.24) is 5.32 Å². The van der Waals surface area contributed by atoms with Crippen LogP contribution in [-0.4, -0.2) is 193 Å². The van der Waals surface area contributed by atoms with Gasteiger partial charge in [-0.15, -0.1) is 0 Å².